The number of hydrogen-bond donors (Lipinski definition) is 1. The van der Waals surface area contributed by atoms with E-state index in [1.165, 1.54) is 13.3 Å². The van der Waals surface area contributed by atoms with E-state index >= 15 is 0 Å². The smallest absolute Gasteiger partial charge is 0.271 e. The second-order valence-electron chi connectivity index (χ2n) is 5.46. The van der Waals surface area contributed by atoms with E-state index in [4.69, 9.17) is 30.5 Å². The quantitative estimate of drug-likeness (QED) is 0.504. The molecule has 0 aliphatic carbocycles. The first kappa shape index (κ1) is 21.4. The molecule has 0 aliphatic heterocycles. The molecule has 0 fully saturated rings. The molecule has 7 nitrogen and oxygen atoms in total. The van der Waals surface area contributed by atoms with Crippen LogP contribution in [0.5, 0.6) is 23.0 Å². The van der Waals surface area contributed by atoms with Gasteiger partial charge < -0.3 is 18.9 Å². The minimum Gasteiger partial charge on any atom is -0.493 e. The lowest BCUT2D eigenvalue weighted by molar-refractivity contribution is 0.0954. The van der Waals surface area contributed by atoms with Crippen LogP contribution in [-0.2, 0) is 0 Å². The molecular formula is C20H23ClN2O5. The standard InChI is InChI=1S/C20H23ClN2O5/c1-5-27-17-11-14(7-8-16(17)25-3)20(24)23-22-12-13-9-15(21)19(26-4)18(10-13)28-6-2/h7-12H,5-6H2,1-4H3,(H,23,24)/b22-12+. The summed E-state index contributed by atoms with van der Waals surface area (Å²) in [6.07, 6.45) is 1.47. The highest BCUT2D eigenvalue weighted by Crippen LogP contribution is 2.35. The average molecular weight is 407 g/mol. The molecule has 0 spiro atoms. The maximum atomic E-state index is 12.3. The van der Waals surface area contributed by atoms with Gasteiger partial charge in [-0.25, -0.2) is 5.43 Å². The summed E-state index contributed by atoms with van der Waals surface area (Å²) < 4.78 is 21.5. The minimum atomic E-state index is -0.385. The molecule has 0 unspecified atom stereocenters. The fourth-order valence-corrected chi connectivity index (χ4v) is 2.74. The van der Waals surface area contributed by atoms with Crippen molar-refractivity contribution in [3.05, 3.63) is 46.5 Å². The third-order valence-corrected chi connectivity index (χ3v) is 3.92. The van der Waals surface area contributed by atoms with Crippen LogP contribution < -0.4 is 24.4 Å². The van der Waals surface area contributed by atoms with Gasteiger partial charge in [0.1, 0.15) is 0 Å². The van der Waals surface area contributed by atoms with Crippen LogP contribution in [0, 0.1) is 0 Å². The first-order valence-electron chi connectivity index (χ1n) is 8.68. The maximum absolute atomic E-state index is 12.3. The van der Waals surface area contributed by atoms with Crippen LogP contribution in [0.4, 0.5) is 0 Å². The Bertz CT molecular complexity index is 855. The van der Waals surface area contributed by atoms with Crippen molar-refractivity contribution in [2.75, 3.05) is 27.4 Å². The molecule has 0 radical (unpaired) electrons. The summed E-state index contributed by atoms with van der Waals surface area (Å²) in [5.41, 5.74) is 3.52. The number of halogens is 1. The zero-order valence-electron chi connectivity index (χ0n) is 16.2. The lowest BCUT2D eigenvalue weighted by Crippen LogP contribution is -2.17. The van der Waals surface area contributed by atoms with Gasteiger partial charge >= 0.3 is 0 Å². The molecule has 0 heterocycles. The Balaban J connectivity index is 2.14. The topological polar surface area (TPSA) is 78.4 Å². The Morgan fingerprint density at radius 3 is 2.39 bits per heavy atom. The Kier molecular flexibility index (Phi) is 7.95. The molecule has 2 rings (SSSR count). The van der Waals surface area contributed by atoms with E-state index in [0.717, 1.165) is 0 Å². The van der Waals surface area contributed by atoms with Crippen LogP contribution in [0.15, 0.2) is 35.4 Å². The second kappa shape index (κ2) is 10.4. The van der Waals surface area contributed by atoms with E-state index in [-0.39, 0.29) is 5.91 Å². The van der Waals surface area contributed by atoms with Gasteiger partial charge in [-0.2, -0.15) is 5.10 Å². The first-order chi connectivity index (χ1) is 13.5. The SMILES string of the molecule is CCOc1cc(C(=O)N/N=C/c2cc(Cl)c(OC)c(OCC)c2)ccc1OC. The normalized spacial score (nSPS) is 10.6. The van der Waals surface area contributed by atoms with Crippen molar-refractivity contribution in [1.82, 2.24) is 5.43 Å². The number of carbonyl (C=O) groups excluding carboxylic acids is 1. The molecule has 8 heteroatoms. The van der Waals surface area contributed by atoms with E-state index < -0.39 is 0 Å². The molecule has 1 N–H and O–H groups in total. The number of amides is 1. The molecule has 0 atom stereocenters. The molecule has 150 valence electrons. The lowest BCUT2D eigenvalue weighted by atomic mass is 10.2. The summed E-state index contributed by atoms with van der Waals surface area (Å²) in [7, 11) is 3.06. The van der Waals surface area contributed by atoms with Gasteiger partial charge in [0.2, 0.25) is 0 Å². The number of methoxy groups -OCH3 is 2. The molecule has 0 bridgehead atoms. The summed E-state index contributed by atoms with van der Waals surface area (Å²) in [6, 6.07) is 8.29. The molecule has 0 aromatic heterocycles. The Labute approximate surface area is 169 Å². The second-order valence-corrected chi connectivity index (χ2v) is 5.87. The van der Waals surface area contributed by atoms with Gasteiger partial charge in [0, 0.05) is 5.56 Å². The summed E-state index contributed by atoms with van der Waals surface area (Å²) in [5, 5.41) is 4.37. The van der Waals surface area contributed by atoms with Crippen molar-refractivity contribution < 1.29 is 23.7 Å². The van der Waals surface area contributed by atoms with E-state index in [2.05, 4.69) is 10.5 Å². The Hall–Kier alpha value is -2.93. The Morgan fingerprint density at radius 1 is 1.04 bits per heavy atom. The van der Waals surface area contributed by atoms with Crippen molar-refractivity contribution >= 4 is 23.7 Å². The third kappa shape index (κ3) is 5.29. The van der Waals surface area contributed by atoms with Gasteiger partial charge in [-0.05, 0) is 49.7 Å². The lowest BCUT2D eigenvalue weighted by Gasteiger charge is -2.11. The van der Waals surface area contributed by atoms with Crippen molar-refractivity contribution in [3.63, 3.8) is 0 Å². The number of rotatable bonds is 9. The number of nitrogens with zero attached hydrogens (tertiary/aromatic N) is 1. The summed E-state index contributed by atoms with van der Waals surface area (Å²) in [5.74, 6) is 1.61. The predicted molar refractivity (Wildman–Crippen MR) is 108 cm³/mol. The third-order valence-electron chi connectivity index (χ3n) is 3.64. The zero-order chi connectivity index (χ0) is 20.5. The minimum absolute atomic E-state index is 0.385. The summed E-state index contributed by atoms with van der Waals surface area (Å²) >= 11 is 6.20. The van der Waals surface area contributed by atoms with Crippen molar-refractivity contribution in [3.8, 4) is 23.0 Å². The molecule has 2 aromatic rings. The van der Waals surface area contributed by atoms with Crippen LogP contribution >= 0.6 is 11.6 Å². The monoisotopic (exact) mass is 406 g/mol. The van der Waals surface area contributed by atoms with Crippen molar-refractivity contribution in [1.29, 1.82) is 0 Å². The number of hydrogen-bond acceptors (Lipinski definition) is 6. The van der Waals surface area contributed by atoms with Crippen LogP contribution in [0.2, 0.25) is 5.02 Å². The molecule has 2 aromatic carbocycles. The van der Waals surface area contributed by atoms with E-state index in [1.54, 1.807) is 37.4 Å². The number of ether oxygens (including phenoxy) is 4. The van der Waals surface area contributed by atoms with Crippen molar-refractivity contribution in [2.24, 2.45) is 5.10 Å². The molecule has 0 saturated heterocycles. The Morgan fingerprint density at radius 2 is 1.75 bits per heavy atom. The highest BCUT2D eigenvalue weighted by molar-refractivity contribution is 6.32. The van der Waals surface area contributed by atoms with Gasteiger partial charge in [0.25, 0.3) is 5.91 Å². The zero-order valence-corrected chi connectivity index (χ0v) is 17.0. The molecule has 1 amide bonds. The largest absolute Gasteiger partial charge is 0.493 e. The average Bonchev–Trinajstić information content (AvgIpc) is 2.68. The number of carbonyl (C=O) groups is 1. The van der Waals surface area contributed by atoms with Gasteiger partial charge in [-0.3, -0.25) is 4.79 Å². The van der Waals surface area contributed by atoms with Crippen LogP contribution in [0.3, 0.4) is 0 Å². The fourth-order valence-electron chi connectivity index (χ4n) is 2.44. The van der Waals surface area contributed by atoms with Gasteiger partial charge in [-0.15, -0.1) is 0 Å². The highest BCUT2D eigenvalue weighted by atomic mass is 35.5. The highest BCUT2D eigenvalue weighted by Gasteiger charge is 2.12. The first-order valence-corrected chi connectivity index (χ1v) is 9.06. The van der Waals surface area contributed by atoms with E-state index in [1.807, 2.05) is 13.8 Å². The van der Waals surface area contributed by atoms with Gasteiger partial charge in [0.15, 0.2) is 23.0 Å². The van der Waals surface area contributed by atoms with Gasteiger partial charge in [0.05, 0.1) is 38.7 Å². The summed E-state index contributed by atoms with van der Waals surface area (Å²) in [4.78, 5) is 12.3. The number of hydrazone groups is 1. The van der Waals surface area contributed by atoms with E-state index in [9.17, 15) is 4.79 Å². The van der Waals surface area contributed by atoms with Crippen LogP contribution in [0.25, 0.3) is 0 Å². The van der Waals surface area contributed by atoms with Crippen molar-refractivity contribution in [2.45, 2.75) is 13.8 Å². The van der Waals surface area contributed by atoms with Gasteiger partial charge in [-0.1, -0.05) is 11.6 Å². The maximum Gasteiger partial charge on any atom is 0.271 e. The van der Waals surface area contributed by atoms with Crippen LogP contribution in [0.1, 0.15) is 29.8 Å². The fraction of sp³-hybridized carbons (Fsp3) is 0.300. The predicted octanol–water partition coefficient (Wildman–Crippen LogP) is 3.92. The molecular weight excluding hydrogens is 384 g/mol. The number of nitrogens with one attached hydrogen (secondary N) is 1. The molecule has 0 aliphatic rings. The van der Waals surface area contributed by atoms with E-state index in [0.29, 0.717) is 52.4 Å². The number of benzene rings is 2. The molecule has 0 saturated carbocycles. The van der Waals surface area contributed by atoms with Crippen LogP contribution in [-0.4, -0.2) is 39.6 Å². The summed E-state index contributed by atoms with van der Waals surface area (Å²) in [6.45, 7) is 4.64. The molecule has 28 heavy (non-hydrogen) atoms.